The van der Waals surface area contributed by atoms with E-state index in [1.54, 1.807) is 32.3 Å². The van der Waals surface area contributed by atoms with Gasteiger partial charge in [0.25, 0.3) is 0 Å². The van der Waals surface area contributed by atoms with Crippen molar-refractivity contribution in [3.8, 4) is 17.3 Å². The molecule has 3 aromatic rings. The maximum absolute atomic E-state index is 13.5. The van der Waals surface area contributed by atoms with Crippen molar-refractivity contribution in [3.05, 3.63) is 40.9 Å². The highest BCUT2D eigenvalue weighted by Crippen LogP contribution is 2.29. The van der Waals surface area contributed by atoms with Gasteiger partial charge in [-0.05, 0) is 47.1 Å². The molecule has 12 heteroatoms. The number of tetrazole rings is 1. The number of nitrogens with zero attached hydrogens (tertiary/aromatic N) is 7. The zero-order valence-electron chi connectivity index (χ0n) is 19.1. The number of ether oxygens (including phenoxy) is 2. The number of halogens is 2. The number of carbonyl (C=O) groups is 1. The summed E-state index contributed by atoms with van der Waals surface area (Å²) in [4.78, 5) is 23.7. The van der Waals surface area contributed by atoms with Crippen LogP contribution in [0.5, 0.6) is 5.75 Å². The number of rotatable bonds is 7. The summed E-state index contributed by atoms with van der Waals surface area (Å²) in [6, 6.07) is 4.43. The van der Waals surface area contributed by atoms with Crippen molar-refractivity contribution in [3.63, 3.8) is 0 Å². The molecule has 0 amide bonds. The molecule has 3 heterocycles. The third kappa shape index (κ3) is 6.04. The Balaban J connectivity index is 1.33. The van der Waals surface area contributed by atoms with Gasteiger partial charge in [0.2, 0.25) is 5.82 Å². The monoisotopic (exact) mass is 533 g/mol. The molecule has 10 nitrogen and oxygen atoms in total. The molecule has 180 valence electrons. The molecule has 0 N–H and O–H groups in total. The van der Waals surface area contributed by atoms with Gasteiger partial charge in [0.1, 0.15) is 41.3 Å². The fourth-order valence-corrected chi connectivity index (χ4v) is 4.06. The minimum absolute atomic E-state index is 0.00273. The molecule has 1 aromatic carbocycles. The molecule has 0 atom stereocenters. The van der Waals surface area contributed by atoms with E-state index in [-0.39, 0.29) is 24.4 Å². The van der Waals surface area contributed by atoms with E-state index in [9.17, 15) is 9.18 Å². The van der Waals surface area contributed by atoms with Crippen LogP contribution in [0.2, 0.25) is 0 Å². The number of hydrogen-bond acceptors (Lipinski definition) is 9. The number of anilines is 1. The number of aromatic nitrogens is 6. The minimum atomic E-state index is -0.764. The second kappa shape index (κ2) is 10.00. The van der Waals surface area contributed by atoms with Crippen LogP contribution in [0.4, 0.5) is 10.2 Å². The van der Waals surface area contributed by atoms with Crippen LogP contribution in [-0.4, -0.2) is 60.9 Å². The zero-order valence-corrected chi connectivity index (χ0v) is 20.7. The molecule has 0 saturated carbocycles. The minimum Gasteiger partial charge on any atom is -0.489 e. The van der Waals surface area contributed by atoms with Gasteiger partial charge in [-0.25, -0.2) is 14.4 Å². The molecule has 2 aromatic heterocycles. The summed E-state index contributed by atoms with van der Waals surface area (Å²) < 4.78 is 25.5. The Labute approximate surface area is 204 Å². The van der Waals surface area contributed by atoms with Crippen molar-refractivity contribution in [2.75, 3.05) is 18.0 Å². The summed E-state index contributed by atoms with van der Waals surface area (Å²) in [6.45, 7) is 6.65. The van der Waals surface area contributed by atoms with Crippen molar-refractivity contribution in [1.29, 1.82) is 0 Å². The van der Waals surface area contributed by atoms with Crippen molar-refractivity contribution >= 4 is 27.7 Å². The Morgan fingerprint density at radius 3 is 2.68 bits per heavy atom. The van der Waals surface area contributed by atoms with E-state index in [4.69, 9.17) is 9.47 Å². The Bertz CT molecular complexity index is 1150. The SMILES string of the molecule is CC(=O)OC(C)(C)Cn1nnc(-c2cnc(N3CCC(Oc4cc(F)ccc4Br)CC3)cn2)n1. The summed E-state index contributed by atoms with van der Waals surface area (Å²) in [5.74, 6) is 0.903. The van der Waals surface area contributed by atoms with Gasteiger partial charge in [-0.1, -0.05) is 0 Å². The first-order chi connectivity index (χ1) is 16.2. The summed E-state index contributed by atoms with van der Waals surface area (Å²) >= 11 is 3.40. The Hall–Kier alpha value is -3.15. The van der Waals surface area contributed by atoms with Crippen LogP contribution in [0.1, 0.15) is 33.6 Å². The highest BCUT2D eigenvalue weighted by Gasteiger charge is 2.25. The van der Waals surface area contributed by atoms with Gasteiger partial charge >= 0.3 is 5.97 Å². The van der Waals surface area contributed by atoms with E-state index in [1.165, 1.54) is 23.9 Å². The Morgan fingerprint density at radius 2 is 2.00 bits per heavy atom. The number of carbonyl (C=O) groups excluding carboxylic acids is 1. The molecule has 1 aliphatic rings. The second-order valence-corrected chi connectivity index (χ2v) is 9.49. The zero-order chi connectivity index (χ0) is 24.3. The third-order valence-electron chi connectivity index (χ3n) is 5.22. The topological polar surface area (TPSA) is 108 Å². The lowest BCUT2D eigenvalue weighted by Crippen LogP contribution is -2.38. The van der Waals surface area contributed by atoms with Crippen molar-refractivity contribution in [1.82, 2.24) is 30.2 Å². The molecule has 4 rings (SSSR count). The van der Waals surface area contributed by atoms with E-state index >= 15 is 0 Å². The van der Waals surface area contributed by atoms with Crippen LogP contribution in [-0.2, 0) is 16.1 Å². The van der Waals surface area contributed by atoms with Crippen LogP contribution in [0.3, 0.4) is 0 Å². The van der Waals surface area contributed by atoms with Crippen LogP contribution < -0.4 is 9.64 Å². The largest absolute Gasteiger partial charge is 0.489 e. The van der Waals surface area contributed by atoms with Gasteiger partial charge < -0.3 is 14.4 Å². The smallest absolute Gasteiger partial charge is 0.303 e. The summed E-state index contributed by atoms with van der Waals surface area (Å²) in [6.07, 6.45) is 4.85. The molecule has 1 aliphatic heterocycles. The van der Waals surface area contributed by atoms with Crippen LogP contribution in [0.25, 0.3) is 11.5 Å². The molecule has 1 saturated heterocycles. The lowest BCUT2D eigenvalue weighted by molar-refractivity contribution is -0.155. The molecule has 0 aliphatic carbocycles. The first kappa shape index (κ1) is 24.0. The fraction of sp³-hybridized carbons (Fsp3) is 0.455. The maximum Gasteiger partial charge on any atom is 0.303 e. The number of hydrogen-bond donors (Lipinski definition) is 0. The van der Waals surface area contributed by atoms with Crippen LogP contribution >= 0.6 is 15.9 Å². The number of benzene rings is 1. The van der Waals surface area contributed by atoms with Gasteiger partial charge in [-0.2, -0.15) is 4.80 Å². The van der Waals surface area contributed by atoms with E-state index in [1.807, 2.05) is 0 Å². The van der Waals surface area contributed by atoms with Crippen LogP contribution in [0.15, 0.2) is 35.1 Å². The normalized spacial score (nSPS) is 14.8. The van der Waals surface area contributed by atoms with Gasteiger partial charge in [-0.3, -0.25) is 4.79 Å². The number of esters is 1. The lowest BCUT2D eigenvalue weighted by atomic mass is 10.1. The highest BCUT2D eigenvalue weighted by molar-refractivity contribution is 9.10. The predicted octanol–water partition coefficient (Wildman–Crippen LogP) is 3.42. The van der Waals surface area contributed by atoms with Gasteiger partial charge in [0.15, 0.2) is 0 Å². The average molecular weight is 534 g/mol. The van der Waals surface area contributed by atoms with E-state index in [2.05, 4.69) is 46.2 Å². The maximum atomic E-state index is 13.5. The molecular weight excluding hydrogens is 509 g/mol. The summed E-state index contributed by atoms with van der Waals surface area (Å²) in [5.41, 5.74) is -0.269. The molecule has 0 spiro atoms. The molecule has 34 heavy (non-hydrogen) atoms. The van der Waals surface area contributed by atoms with E-state index in [0.717, 1.165) is 36.2 Å². The second-order valence-electron chi connectivity index (χ2n) is 8.64. The standard InChI is InChI=1S/C22H25BrFN7O3/c1-14(32)34-22(2,3)13-31-28-21(27-29-31)18-11-26-20(12-25-18)30-8-6-16(7-9-30)33-19-10-15(24)4-5-17(19)23/h4-5,10-12,16H,6-9,13H2,1-3H3. The Morgan fingerprint density at radius 1 is 1.24 bits per heavy atom. The van der Waals surface area contributed by atoms with Crippen molar-refractivity contribution in [2.45, 2.75) is 51.9 Å². The molecule has 0 radical (unpaired) electrons. The quantitative estimate of drug-likeness (QED) is 0.422. The predicted molar refractivity (Wildman–Crippen MR) is 125 cm³/mol. The highest BCUT2D eigenvalue weighted by atomic mass is 79.9. The first-order valence-electron chi connectivity index (χ1n) is 10.8. The van der Waals surface area contributed by atoms with Gasteiger partial charge in [0, 0.05) is 38.9 Å². The van der Waals surface area contributed by atoms with Crippen molar-refractivity contribution in [2.24, 2.45) is 0 Å². The van der Waals surface area contributed by atoms with E-state index < -0.39 is 5.60 Å². The summed E-state index contributed by atoms with van der Waals surface area (Å²) in [5, 5.41) is 12.4. The fourth-order valence-electron chi connectivity index (χ4n) is 3.72. The number of piperidine rings is 1. The van der Waals surface area contributed by atoms with E-state index in [0.29, 0.717) is 17.3 Å². The van der Waals surface area contributed by atoms with Gasteiger partial charge in [0.05, 0.1) is 16.9 Å². The molecule has 0 unspecified atom stereocenters. The molecular formula is C22H25BrFN7O3. The van der Waals surface area contributed by atoms with Crippen molar-refractivity contribution < 1.29 is 18.7 Å². The van der Waals surface area contributed by atoms with Crippen LogP contribution in [0, 0.1) is 5.82 Å². The lowest BCUT2D eigenvalue weighted by Gasteiger charge is -2.32. The molecule has 0 bridgehead atoms. The van der Waals surface area contributed by atoms with Gasteiger partial charge in [-0.15, -0.1) is 10.2 Å². The third-order valence-corrected chi connectivity index (χ3v) is 5.87. The summed E-state index contributed by atoms with van der Waals surface area (Å²) in [7, 11) is 0. The first-order valence-corrected chi connectivity index (χ1v) is 11.6. The Kier molecular flexibility index (Phi) is 7.05. The average Bonchev–Trinajstić information content (AvgIpc) is 3.23. The molecule has 1 fully saturated rings.